The third-order valence-corrected chi connectivity index (χ3v) is 5.86. The number of fused-ring (bicyclic) bond motifs is 1. The predicted molar refractivity (Wildman–Crippen MR) is 86.7 cm³/mol. The molecule has 1 atom stereocenters. The first-order valence-corrected chi connectivity index (χ1v) is 9.35. The molecule has 1 fully saturated rings. The average molecular weight is 336 g/mol. The summed E-state index contributed by atoms with van der Waals surface area (Å²) in [6, 6.07) is 5.66. The number of imidazole rings is 1. The quantitative estimate of drug-likeness (QED) is 0.835. The third-order valence-electron chi connectivity index (χ3n) is 4.11. The van der Waals surface area contributed by atoms with Crippen molar-refractivity contribution in [3.63, 3.8) is 0 Å². The standard InChI is InChI=1S/C15H20N4O3S/c1-18(13-5-7-23(21,22)11-13)10-15(20)16-8-12-9-19-6-3-2-4-14(19)17-12/h2-4,6,9,13H,5,7-8,10-11H2,1H3,(H,16,20)/t13-/m1/s1. The number of likely N-dealkylation sites (N-methyl/N-ethyl adjacent to an activating group) is 1. The summed E-state index contributed by atoms with van der Waals surface area (Å²) in [6.07, 6.45) is 4.38. The summed E-state index contributed by atoms with van der Waals surface area (Å²) in [5, 5.41) is 2.83. The molecule has 7 nitrogen and oxygen atoms in total. The van der Waals surface area contributed by atoms with E-state index < -0.39 is 9.84 Å². The van der Waals surface area contributed by atoms with Crippen LogP contribution in [0.2, 0.25) is 0 Å². The Bertz CT molecular complexity index is 782. The van der Waals surface area contributed by atoms with Gasteiger partial charge in [-0.25, -0.2) is 13.4 Å². The molecule has 1 aliphatic rings. The molecule has 0 saturated carbocycles. The van der Waals surface area contributed by atoms with Gasteiger partial charge in [0.05, 0.1) is 30.3 Å². The zero-order valence-electron chi connectivity index (χ0n) is 13.0. The van der Waals surface area contributed by atoms with Crippen LogP contribution in [0, 0.1) is 0 Å². The highest BCUT2D eigenvalue weighted by atomic mass is 32.2. The molecule has 3 rings (SSSR count). The molecule has 1 saturated heterocycles. The molecule has 1 N–H and O–H groups in total. The van der Waals surface area contributed by atoms with E-state index in [0.717, 1.165) is 11.3 Å². The Morgan fingerprint density at radius 3 is 3.00 bits per heavy atom. The van der Waals surface area contributed by atoms with Crippen LogP contribution in [0.25, 0.3) is 5.65 Å². The Balaban J connectivity index is 1.51. The van der Waals surface area contributed by atoms with Crippen LogP contribution in [0.1, 0.15) is 12.1 Å². The molecule has 0 spiro atoms. The number of carbonyl (C=O) groups is 1. The summed E-state index contributed by atoms with van der Waals surface area (Å²) in [5.41, 5.74) is 1.63. The van der Waals surface area contributed by atoms with Crippen molar-refractivity contribution < 1.29 is 13.2 Å². The second-order valence-electron chi connectivity index (χ2n) is 5.95. The summed E-state index contributed by atoms with van der Waals surface area (Å²) in [6.45, 7) is 0.547. The maximum Gasteiger partial charge on any atom is 0.234 e. The van der Waals surface area contributed by atoms with Gasteiger partial charge in [-0.1, -0.05) is 6.07 Å². The number of carbonyl (C=O) groups excluding carboxylic acids is 1. The van der Waals surface area contributed by atoms with Gasteiger partial charge < -0.3 is 9.72 Å². The SMILES string of the molecule is CN(CC(=O)NCc1cn2ccccc2n1)[C@@H]1CCS(=O)(=O)C1. The summed E-state index contributed by atoms with van der Waals surface area (Å²) in [7, 11) is -1.14. The lowest BCUT2D eigenvalue weighted by Crippen LogP contribution is -2.41. The number of aromatic nitrogens is 2. The van der Waals surface area contributed by atoms with Gasteiger partial charge in [-0.2, -0.15) is 0 Å². The Kier molecular flexibility index (Phi) is 4.36. The number of nitrogens with one attached hydrogen (secondary N) is 1. The van der Waals surface area contributed by atoms with Gasteiger partial charge in [0.2, 0.25) is 5.91 Å². The lowest BCUT2D eigenvalue weighted by atomic mass is 10.2. The molecule has 0 bridgehead atoms. The number of rotatable bonds is 5. The average Bonchev–Trinajstić information content (AvgIpc) is 3.07. The summed E-state index contributed by atoms with van der Waals surface area (Å²) in [4.78, 5) is 18.2. The molecule has 3 heterocycles. The Morgan fingerprint density at radius 1 is 1.48 bits per heavy atom. The van der Waals surface area contributed by atoms with E-state index in [1.165, 1.54) is 0 Å². The van der Waals surface area contributed by atoms with Crippen molar-refractivity contribution in [3.05, 3.63) is 36.3 Å². The van der Waals surface area contributed by atoms with Crippen LogP contribution < -0.4 is 5.32 Å². The smallest absolute Gasteiger partial charge is 0.234 e. The predicted octanol–water partition coefficient (Wildman–Crippen LogP) is 0.0694. The van der Waals surface area contributed by atoms with E-state index in [-0.39, 0.29) is 30.0 Å². The fourth-order valence-corrected chi connectivity index (χ4v) is 4.60. The van der Waals surface area contributed by atoms with E-state index in [2.05, 4.69) is 10.3 Å². The van der Waals surface area contributed by atoms with Crippen molar-refractivity contribution in [3.8, 4) is 0 Å². The summed E-state index contributed by atoms with van der Waals surface area (Å²) >= 11 is 0. The summed E-state index contributed by atoms with van der Waals surface area (Å²) in [5.74, 6) is 0.225. The zero-order chi connectivity index (χ0) is 16.4. The molecule has 2 aromatic heterocycles. The van der Waals surface area contributed by atoms with Crippen LogP contribution in [0.5, 0.6) is 0 Å². The molecule has 0 unspecified atom stereocenters. The molecule has 23 heavy (non-hydrogen) atoms. The van der Waals surface area contributed by atoms with E-state index in [1.807, 2.05) is 39.9 Å². The monoisotopic (exact) mass is 336 g/mol. The minimum absolute atomic E-state index is 0.0686. The molecule has 0 radical (unpaired) electrons. The third kappa shape index (κ3) is 3.89. The van der Waals surface area contributed by atoms with Crippen LogP contribution >= 0.6 is 0 Å². The molecule has 124 valence electrons. The highest BCUT2D eigenvalue weighted by Crippen LogP contribution is 2.16. The van der Waals surface area contributed by atoms with Gasteiger partial charge in [-0.15, -0.1) is 0 Å². The van der Waals surface area contributed by atoms with Crippen molar-refractivity contribution in [2.24, 2.45) is 0 Å². The maximum atomic E-state index is 12.0. The molecule has 1 amide bonds. The van der Waals surface area contributed by atoms with Gasteiger partial charge in [0, 0.05) is 18.4 Å². The molecule has 8 heteroatoms. The maximum absolute atomic E-state index is 12.0. The highest BCUT2D eigenvalue weighted by Gasteiger charge is 2.31. The van der Waals surface area contributed by atoms with Crippen LogP contribution in [0.4, 0.5) is 0 Å². The molecule has 0 aliphatic carbocycles. The minimum atomic E-state index is -2.93. The normalized spacial score (nSPS) is 20.2. The lowest BCUT2D eigenvalue weighted by molar-refractivity contribution is -0.122. The summed E-state index contributed by atoms with van der Waals surface area (Å²) < 4.78 is 24.9. The molecule has 1 aliphatic heterocycles. The topological polar surface area (TPSA) is 83.8 Å². The van der Waals surface area contributed by atoms with E-state index >= 15 is 0 Å². The highest BCUT2D eigenvalue weighted by molar-refractivity contribution is 7.91. The minimum Gasteiger partial charge on any atom is -0.349 e. The van der Waals surface area contributed by atoms with Gasteiger partial charge in [0.15, 0.2) is 9.84 Å². The van der Waals surface area contributed by atoms with Gasteiger partial charge >= 0.3 is 0 Å². The van der Waals surface area contributed by atoms with Crippen LogP contribution in [-0.2, 0) is 21.2 Å². The molecular weight excluding hydrogens is 316 g/mol. The van der Waals surface area contributed by atoms with Gasteiger partial charge in [-0.05, 0) is 25.6 Å². The fourth-order valence-electron chi connectivity index (χ4n) is 2.80. The van der Waals surface area contributed by atoms with Crippen molar-refractivity contribution in [2.45, 2.75) is 19.0 Å². The number of hydrogen-bond acceptors (Lipinski definition) is 5. The van der Waals surface area contributed by atoms with Crippen molar-refractivity contribution in [1.29, 1.82) is 0 Å². The largest absolute Gasteiger partial charge is 0.349 e. The van der Waals surface area contributed by atoms with Gasteiger partial charge in [0.25, 0.3) is 0 Å². The van der Waals surface area contributed by atoms with E-state index in [9.17, 15) is 13.2 Å². The number of sulfone groups is 1. The van der Waals surface area contributed by atoms with Crippen LogP contribution in [-0.4, -0.2) is 59.7 Å². The van der Waals surface area contributed by atoms with E-state index in [0.29, 0.717) is 13.0 Å². The van der Waals surface area contributed by atoms with Crippen molar-refractivity contribution >= 4 is 21.4 Å². The molecule has 2 aromatic rings. The Labute approximate surface area is 135 Å². The first-order chi connectivity index (χ1) is 10.9. The second kappa shape index (κ2) is 6.29. The van der Waals surface area contributed by atoms with E-state index in [4.69, 9.17) is 0 Å². The van der Waals surface area contributed by atoms with Gasteiger partial charge in [-0.3, -0.25) is 9.69 Å². The fraction of sp³-hybridized carbons (Fsp3) is 0.467. The number of amides is 1. The van der Waals surface area contributed by atoms with Gasteiger partial charge in [0.1, 0.15) is 5.65 Å². The number of hydrogen-bond donors (Lipinski definition) is 1. The van der Waals surface area contributed by atoms with Crippen LogP contribution in [0.3, 0.4) is 0 Å². The van der Waals surface area contributed by atoms with Crippen molar-refractivity contribution in [2.75, 3.05) is 25.1 Å². The first-order valence-electron chi connectivity index (χ1n) is 7.53. The number of pyridine rings is 1. The van der Waals surface area contributed by atoms with Crippen LogP contribution in [0.15, 0.2) is 30.6 Å². The Morgan fingerprint density at radius 2 is 2.30 bits per heavy atom. The van der Waals surface area contributed by atoms with E-state index in [1.54, 1.807) is 7.05 Å². The van der Waals surface area contributed by atoms with Crippen molar-refractivity contribution in [1.82, 2.24) is 19.6 Å². The zero-order valence-corrected chi connectivity index (χ0v) is 13.8. The molecular formula is C15H20N4O3S. The first kappa shape index (κ1) is 15.9. The second-order valence-corrected chi connectivity index (χ2v) is 8.18. The molecule has 0 aromatic carbocycles. The lowest BCUT2D eigenvalue weighted by Gasteiger charge is -2.22. The Hall–Kier alpha value is -1.93. The number of nitrogens with zero attached hydrogens (tertiary/aromatic N) is 3.